The summed E-state index contributed by atoms with van der Waals surface area (Å²) in [7, 11) is 0. The largest absolute Gasteiger partial charge is 0.417 e. The highest BCUT2D eigenvalue weighted by Gasteiger charge is 2.32. The zero-order chi connectivity index (χ0) is 16.1. The molecule has 1 aromatic carbocycles. The van der Waals surface area contributed by atoms with Gasteiger partial charge in [-0.2, -0.15) is 13.2 Å². The highest BCUT2D eigenvalue weighted by molar-refractivity contribution is 6.39. The standard InChI is InChI=1S/C14H6Cl2F4N2/c15-8-2-1-3-9(16)12(8)13-21-5-11-10(17)4-7(6-22(11)13)14(18,19)20/h1-6H. The van der Waals surface area contributed by atoms with Gasteiger partial charge in [-0.25, -0.2) is 9.37 Å². The third-order valence-corrected chi connectivity index (χ3v) is 3.74. The summed E-state index contributed by atoms with van der Waals surface area (Å²) in [5, 5.41) is 0.413. The predicted octanol–water partition coefficient (Wildman–Crippen LogP) is 5.47. The molecule has 8 heteroatoms. The van der Waals surface area contributed by atoms with Gasteiger partial charge < -0.3 is 0 Å². The molecule has 22 heavy (non-hydrogen) atoms. The molecule has 0 aliphatic carbocycles. The molecule has 0 aliphatic rings. The molecule has 0 unspecified atom stereocenters. The molecule has 0 amide bonds. The van der Waals surface area contributed by atoms with E-state index >= 15 is 0 Å². The third-order valence-electron chi connectivity index (χ3n) is 3.11. The summed E-state index contributed by atoms with van der Waals surface area (Å²) in [4.78, 5) is 3.96. The van der Waals surface area contributed by atoms with Gasteiger partial charge in [0.15, 0.2) is 0 Å². The van der Waals surface area contributed by atoms with Crippen molar-refractivity contribution >= 4 is 28.7 Å². The number of fused-ring (bicyclic) bond motifs is 1. The highest BCUT2D eigenvalue weighted by atomic mass is 35.5. The fraction of sp³-hybridized carbons (Fsp3) is 0.0714. The van der Waals surface area contributed by atoms with Gasteiger partial charge in [-0.05, 0) is 18.2 Å². The number of hydrogen-bond donors (Lipinski definition) is 0. The van der Waals surface area contributed by atoms with Crippen molar-refractivity contribution in [3.05, 3.63) is 58.1 Å². The van der Waals surface area contributed by atoms with Crippen molar-refractivity contribution in [1.82, 2.24) is 9.38 Å². The van der Waals surface area contributed by atoms with Crippen LogP contribution in [0, 0.1) is 5.82 Å². The van der Waals surface area contributed by atoms with Gasteiger partial charge in [0.1, 0.15) is 17.2 Å². The average Bonchev–Trinajstić information content (AvgIpc) is 2.82. The van der Waals surface area contributed by atoms with Crippen molar-refractivity contribution in [1.29, 1.82) is 0 Å². The highest BCUT2D eigenvalue weighted by Crippen LogP contribution is 2.36. The first-order valence-electron chi connectivity index (χ1n) is 5.97. The second-order valence-electron chi connectivity index (χ2n) is 4.51. The van der Waals surface area contributed by atoms with Crippen LogP contribution in [-0.2, 0) is 6.18 Å². The van der Waals surface area contributed by atoms with Crippen LogP contribution in [0.1, 0.15) is 5.56 Å². The molecule has 2 aromatic heterocycles. The summed E-state index contributed by atoms with van der Waals surface area (Å²) >= 11 is 12.1. The Balaban J connectivity index is 2.35. The van der Waals surface area contributed by atoms with Crippen LogP contribution in [0.3, 0.4) is 0 Å². The van der Waals surface area contributed by atoms with Gasteiger partial charge in [0.05, 0.1) is 27.4 Å². The van der Waals surface area contributed by atoms with Crippen LogP contribution in [0.5, 0.6) is 0 Å². The lowest BCUT2D eigenvalue weighted by atomic mass is 10.2. The first-order valence-corrected chi connectivity index (χ1v) is 6.73. The van der Waals surface area contributed by atoms with Gasteiger partial charge in [0.25, 0.3) is 0 Å². The van der Waals surface area contributed by atoms with E-state index < -0.39 is 17.6 Å². The maximum atomic E-state index is 13.9. The number of halogens is 6. The number of rotatable bonds is 1. The molecule has 0 N–H and O–H groups in total. The van der Waals surface area contributed by atoms with Crippen molar-refractivity contribution in [2.75, 3.05) is 0 Å². The normalized spacial score (nSPS) is 12.1. The Morgan fingerprint density at radius 3 is 2.32 bits per heavy atom. The number of alkyl halides is 3. The Bertz CT molecular complexity index is 851. The van der Waals surface area contributed by atoms with Crippen molar-refractivity contribution in [2.45, 2.75) is 6.18 Å². The van der Waals surface area contributed by atoms with E-state index in [-0.39, 0.29) is 26.9 Å². The molecule has 0 saturated carbocycles. The van der Waals surface area contributed by atoms with Crippen LogP contribution in [0.25, 0.3) is 16.9 Å². The van der Waals surface area contributed by atoms with E-state index in [4.69, 9.17) is 23.2 Å². The van der Waals surface area contributed by atoms with E-state index in [0.717, 1.165) is 16.8 Å². The number of benzene rings is 1. The molecule has 114 valence electrons. The third kappa shape index (κ3) is 2.42. The molecule has 0 radical (unpaired) electrons. The molecule has 3 rings (SSSR count). The maximum Gasteiger partial charge on any atom is 0.417 e. The molecule has 0 spiro atoms. The minimum atomic E-state index is -4.68. The van der Waals surface area contributed by atoms with Gasteiger partial charge in [0.2, 0.25) is 0 Å². The zero-order valence-corrected chi connectivity index (χ0v) is 12.1. The monoisotopic (exact) mass is 348 g/mol. The van der Waals surface area contributed by atoms with Crippen LogP contribution >= 0.6 is 23.2 Å². The van der Waals surface area contributed by atoms with Crippen LogP contribution in [0.2, 0.25) is 10.0 Å². The predicted molar refractivity (Wildman–Crippen MR) is 75.6 cm³/mol. The van der Waals surface area contributed by atoms with Crippen LogP contribution in [0.15, 0.2) is 36.7 Å². The number of hydrogen-bond acceptors (Lipinski definition) is 1. The Kier molecular flexibility index (Phi) is 3.53. The van der Waals surface area contributed by atoms with E-state index in [1.807, 2.05) is 0 Å². The molecular formula is C14H6Cl2F4N2. The van der Waals surface area contributed by atoms with E-state index in [1.165, 1.54) is 12.1 Å². The second-order valence-corrected chi connectivity index (χ2v) is 5.32. The minimum Gasteiger partial charge on any atom is -0.296 e. The summed E-state index contributed by atoms with van der Waals surface area (Å²) < 4.78 is 53.4. The number of pyridine rings is 1. The lowest BCUT2D eigenvalue weighted by Crippen LogP contribution is -2.08. The molecule has 3 aromatic rings. The molecule has 0 saturated heterocycles. The van der Waals surface area contributed by atoms with Gasteiger partial charge in [-0.15, -0.1) is 0 Å². The molecule has 2 heterocycles. The fourth-order valence-corrected chi connectivity index (χ4v) is 2.67. The first kappa shape index (κ1) is 15.1. The van der Waals surface area contributed by atoms with Crippen LogP contribution < -0.4 is 0 Å². The van der Waals surface area contributed by atoms with Crippen LogP contribution in [0.4, 0.5) is 17.6 Å². The van der Waals surface area contributed by atoms with Crippen LogP contribution in [-0.4, -0.2) is 9.38 Å². The van der Waals surface area contributed by atoms with E-state index in [0.29, 0.717) is 6.07 Å². The quantitative estimate of drug-likeness (QED) is 0.533. The Morgan fingerprint density at radius 1 is 1.09 bits per heavy atom. The van der Waals surface area contributed by atoms with E-state index in [1.54, 1.807) is 6.07 Å². The smallest absolute Gasteiger partial charge is 0.296 e. The van der Waals surface area contributed by atoms with Gasteiger partial charge in [-0.1, -0.05) is 29.3 Å². The number of aromatic nitrogens is 2. The molecule has 2 nitrogen and oxygen atoms in total. The van der Waals surface area contributed by atoms with E-state index in [2.05, 4.69) is 4.98 Å². The van der Waals surface area contributed by atoms with Crippen molar-refractivity contribution in [3.63, 3.8) is 0 Å². The summed E-state index contributed by atoms with van der Waals surface area (Å²) in [6.07, 6.45) is -2.79. The Labute approximate surface area is 131 Å². The molecule has 0 aliphatic heterocycles. The van der Waals surface area contributed by atoms with Gasteiger partial charge in [0, 0.05) is 6.20 Å². The topological polar surface area (TPSA) is 17.3 Å². The fourth-order valence-electron chi connectivity index (χ4n) is 2.11. The zero-order valence-electron chi connectivity index (χ0n) is 10.6. The average molecular weight is 349 g/mol. The molecule has 0 atom stereocenters. The second kappa shape index (κ2) is 5.14. The summed E-state index contributed by atoms with van der Waals surface area (Å²) in [6.45, 7) is 0. The van der Waals surface area contributed by atoms with Crippen molar-refractivity contribution in [2.24, 2.45) is 0 Å². The van der Waals surface area contributed by atoms with Gasteiger partial charge in [-0.3, -0.25) is 4.40 Å². The molecular weight excluding hydrogens is 343 g/mol. The molecule has 0 fully saturated rings. The summed E-state index contributed by atoms with van der Waals surface area (Å²) in [6, 6.07) is 5.06. The van der Waals surface area contributed by atoms with Gasteiger partial charge >= 0.3 is 6.18 Å². The Hall–Kier alpha value is -1.79. The van der Waals surface area contributed by atoms with E-state index in [9.17, 15) is 17.6 Å². The number of imidazole rings is 1. The number of nitrogens with zero attached hydrogens (tertiary/aromatic N) is 2. The van der Waals surface area contributed by atoms with Crippen molar-refractivity contribution < 1.29 is 17.6 Å². The lowest BCUT2D eigenvalue weighted by Gasteiger charge is -2.10. The van der Waals surface area contributed by atoms with Crippen molar-refractivity contribution in [3.8, 4) is 11.4 Å². The summed E-state index contributed by atoms with van der Waals surface area (Å²) in [5.41, 5.74) is -0.983. The maximum absolute atomic E-state index is 13.9. The SMILES string of the molecule is Fc1cc(C(F)(F)F)cn2c(-c3c(Cl)cccc3Cl)ncc12. The lowest BCUT2D eigenvalue weighted by molar-refractivity contribution is -0.138. The minimum absolute atomic E-state index is 0.0376. The first-order chi connectivity index (χ1) is 10.3. The molecule has 0 bridgehead atoms. The summed E-state index contributed by atoms with van der Waals surface area (Å²) in [5.74, 6) is -0.993. The Morgan fingerprint density at radius 2 is 1.73 bits per heavy atom.